The monoisotopic (exact) mass is 513 g/mol. The Balaban J connectivity index is 1.40. The summed E-state index contributed by atoms with van der Waals surface area (Å²) in [6, 6.07) is 5.77. The van der Waals surface area contributed by atoms with Crippen molar-refractivity contribution in [2.45, 2.75) is 70.6 Å². The number of aliphatic hydroxyl groups excluding tert-OH is 1. The molecule has 1 amide bonds. The normalized spacial score (nSPS) is 22.5. The summed E-state index contributed by atoms with van der Waals surface area (Å²) in [4.78, 5) is 27.4. The second-order valence-electron chi connectivity index (χ2n) is 10.5. The lowest BCUT2D eigenvalue weighted by Crippen LogP contribution is -2.43. The van der Waals surface area contributed by atoms with Crippen molar-refractivity contribution in [3.63, 3.8) is 0 Å². The van der Waals surface area contributed by atoms with E-state index < -0.39 is 0 Å². The van der Waals surface area contributed by atoms with Gasteiger partial charge >= 0.3 is 0 Å². The van der Waals surface area contributed by atoms with Crippen LogP contribution in [0.15, 0.2) is 24.4 Å². The lowest BCUT2D eigenvalue weighted by molar-refractivity contribution is 0.0513. The molecule has 3 aliphatic rings. The summed E-state index contributed by atoms with van der Waals surface area (Å²) in [7, 11) is 1.59. The number of ether oxygens (including phenoxy) is 1. The molecule has 0 radical (unpaired) electrons. The number of carbonyl (C=O) groups excluding carboxylic acids is 1. The van der Waals surface area contributed by atoms with Crippen LogP contribution >= 0.6 is 11.6 Å². The number of methoxy groups -OCH3 is 1. The molecule has 2 aliphatic carbocycles. The van der Waals surface area contributed by atoms with E-state index in [0.717, 1.165) is 44.3 Å². The van der Waals surface area contributed by atoms with Gasteiger partial charge in [0.2, 0.25) is 5.95 Å². The molecule has 3 fully saturated rings. The van der Waals surface area contributed by atoms with E-state index in [1.807, 2.05) is 30.0 Å². The molecular formula is C27H36ClN5O3. The van der Waals surface area contributed by atoms with E-state index in [1.54, 1.807) is 13.3 Å². The van der Waals surface area contributed by atoms with Gasteiger partial charge < -0.3 is 25.0 Å². The smallest absolute Gasteiger partial charge is 0.259 e. The Morgan fingerprint density at radius 1 is 1.28 bits per heavy atom. The van der Waals surface area contributed by atoms with Crippen molar-refractivity contribution in [1.82, 2.24) is 14.9 Å². The first kappa shape index (κ1) is 25.1. The van der Waals surface area contributed by atoms with E-state index in [2.05, 4.69) is 15.2 Å². The number of nitrogens with one attached hydrogen (secondary N) is 1. The molecule has 2 N–H and O–H groups in total. The van der Waals surface area contributed by atoms with Crippen LogP contribution in [0.25, 0.3) is 0 Å². The Kier molecular flexibility index (Phi) is 7.26. The second kappa shape index (κ2) is 10.4. The Bertz CT molecular complexity index is 1100. The van der Waals surface area contributed by atoms with Crippen molar-refractivity contribution >= 4 is 29.3 Å². The standard InChI is InChI=1S/C27H36ClN5O3/c1-3-33(19-5-7-20(34)8-6-19)25(35)21-16-30-26(32-13-12-27(17-32)10-11-27)31-24(21)29-15-18-4-9-23(36-2)22(28)14-18/h4,9,14,16,19-20,34H,3,5-8,10-13,15,17H2,1-2H3,(H,29,30,31)/t19-,20-. The SMILES string of the molecule is CCN(C(=O)c1cnc(N2CCC3(CC3)C2)nc1NCc1ccc(OC)c(Cl)c1)[C@H]1CC[C@H](O)CC1. The molecule has 194 valence electrons. The van der Waals surface area contributed by atoms with Gasteiger partial charge in [-0.25, -0.2) is 4.98 Å². The maximum absolute atomic E-state index is 13.8. The van der Waals surface area contributed by atoms with E-state index in [1.165, 1.54) is 19.3 Å². The van der Waals surface area contributed by atoms with Gasteiger partial charge in [-0.2, -0.15) is 4.98 Å². The van der Waals surface area contributed by atoms with Crippen LogP contribution in [0.1, 0.15) is 67.8 Å². The van der Waals surface area contributed by atoms with Gasteiger partial charge in [0.05, 0.1) is 18.2 Å². The van der Waals surface area contributed by atoms with Crippen LogP contribution in [0.3, 0.4) is 0 Å². The number of nitrogens with zero attached hydrogens (tertiary/aromatic N) is 4. The van der Waals surface area contributed by atoms with E-state index in [0.29, 0.717) is 46.6 Å². The number of amides is 1. The minimum absolute atomic E-state index is 0.0687. The fraction of sp³-hybridized carbons (Fsp3) is 0.593. The Morgan fingerprint density at radius 2 is 2.06 bits per heavy atom. The third kappa shape index (κ3) is 5.25. The molecule has 2 saturated carbocycles. The predicted molar refractivity (Wildman–Crippen MR) is 141 cm³/mol. The van der Waals surface area contributed by atoms with Gasteiger partial charge in [0.25, 0.3) is 5.91 Å². The molecule has 0 unspecified atom stereocenters. The second-order valence-corrected chi connectivity index (χ2v) is 10.9. The highest BCUT2D eigenvalue weighted by Crippen LogP contribution is 2.53. The number of aromatic nitrogens is 2. The zero-order valence-electron chi connectivity index (χ0n) is 21.2. The molecular weight excluding hydrogens is 478 g/mol. The highest BCUT2D eigenvalue weighted by molar-refractivity contribution is 6.32. The molecule has 1 spiro atoms. The first-order valence-electron chi connectivity index (χ1n) is 13.1. The van der Waals surface area contributed by atoms with Crippen molar-refractivity contribution in [3.05, 3.63) is 40.5 Å². The Labute approximate surface area is 218 Å². The number of benzene rings is 1. The van der Waals surface area contributed by atoms with Gasteiger partial charge in [-0.3, -0.25) is 4.79 Å². The minimum atomic E-state index is -0.263. The van der Waals surface area contributed by atoms with Crippen LogP contribution < -0.4 is 15.0 Å². The lowest BCUT2D eigenvalue weighted by atomic mass is 9.91. The molecule has 1 aromatic carbocycles. The zero-order chi connectivity index (χ0) is 25.3. The number of hydrogen-bond acceptors (Lipinski definition) is 7. The molecule has 2 heterocycles. The maximum atomic E-state index is 13.8. The van der Waals surface area contributed by atoms with Gasteiger partial charge in [0.1, 0.15) is 17.1 Å². The molecule has 5 rings (SSSR count). The van der Waals surface area contributed by atoms with Crippen LogP contribution in [-0.2, 0) is 6.54 Å². The zero-order valence-corrected chi connectivity index (χ0v) is 21.9. The van der Waals surface area contributed by atoms with Crippen LogP contribution in [0.4, 0.5) is 11.8 Å². The quantitative estimate of drug-likeness (QED) is 0.536. The summed E-state index contributed by atoms with van der Waals surface area (Å²) >= 11 is 6.33. The molecule has 1 aromatic heterocycles. The third-order valence-electron chi connectivity index (χ3n) is 8.07. The number of halogens is 1. The molecule has 0 atom stereocenters. The van der Waals surface area contributed by atoms with Gasteiger partial charge in [-0.05, 0) is 75.0 Å². The Hall–Kier alpha value is -2.58. The summed E-state index contributed by atoms with van der Waals surface area (Å²) in [5, 5.41) is 13.9. The van der Waals surface area contributed by atoms with Crippen molar-refractivity contribution in [1.29, 1.82) is 0 Å². The van der Waals surface area contributed by atoms with Crippen molar-refractivity contribution < 1.29 is 14.6 Å². The fourth-order valence-electron chi connectivity index (χ4n) is 5.60. The van der Waals surface area contributed by atoms with Gasteiger partial charge in [-0.1, -0.05) is 17.7 Å². The fourth-order valence-corrected chi connectivity index (χ4v) is 5.89. The molecule has 1 saturated heterocycles. The van der Waals surface area contributed by atoms with Gasteiger partial charge in [-0.15, -0.1) is 0 Å². The summed E-state index contributed by atoms with van der Waals surface area (Å²) in [6.07, 6.45) is 8.24. The summed E-state index contributed by atoms with van der Waals surface area (Å²) in [5.74, 6) is 1.78. The van der Waals surface area contributed by atoms with Crippen molar-refractivity contribution in [2.24, 2.45) is 5.41 Å². The lowest BCUT2D eigenvalue weighted by Gasteiger charge is -2.35. The third-order valence-corrected chi connectivity index (χ3v) is 8.36. The summed E-state index contributed by atoms with van der Waals surface area (Å²) < 4.78 is 5.27. The number of rotatable bonds is 8. The highest BCUT2D eigenvalue weighted by Gasteiger charge is 2.48. The first-order valence-corrected chi connectivity index (χ1v) is 13.5. The minimum Gasteiger partial charge on any atom is -0.495 e. The molecule has 36 heavy (non-hydrogen) atoms. The largest absolute Gasteiger partial charge is 0.495 e. The van der Waals surface area contributed by atoms with E-state index in [-0.39, 0.29) is 18.1 Å². The number of anilines is 2. The van der Waals surface area contributed by atoms with Crippen LogP contribution in [-0.4, -0.2) is 64.8 Å². The highest BCUT2D eigenvalue weighted by atomic mass is 35.5. The number of carbonyl (C=O) groups is 1. The molecule has 8 nitrogen and oxygen atoms in total. The number of hydrogen-bond donors (Lipinski definition) is 2. The molecule has 1 aliphatic heterocycles. The summed E-state index contributed by atoms with van der Waals surface area (Å²) in [6.45, 7) is 5.01. The van der Waals surface area contributed by atoms with Crippen LogP contribution in [0, 0.1) is 5.41 Å². The molecule has 9 heteroatoms. The average Bonchev–Trinajstić information content (AvgIpc) is 3.52. The number of aliphatic hydroxyl groups is 1. The van der Waals surface area contributed by atoms with Gasteiger partial charge in [0.15, 0.2) is 0 Å². The Morgan fingerprint density at radius 3 is 2.69 bits per heavy atom. The molecule has 2 aromatic rings. The van der Waals surface area contributed by atoms with E-state index >= 15 is 0 Å². The van der Waals surface area contributed by atoms with Crippen molar-refractivity contribution in [3.8, 4) is 5.75 Å². The average molecular weight is 514 g/mol. The first-order chi connectivity index (χ1) is 17.4. The topological polar surface area (TPSA) is 90.8 Å². The van der Waals surface area contributed by atoms with E-state index in [4.69, 9.17) is 21.3 Å². The van der Waals surface area contributed by atoms with E-state index in [9.17, 15) is 9.90 Å². The summed E-state index contributed by atoms with van der Waals surface area (Å²) in [5.41, 5.74) is 1.90. The molecule has 0 bridgehead atoms. The van der Waals surface area contributed by atoms with Crippen LogP contribution in [0.5, 0.6) is 5.75 Å². The van der Waals surface area contributed by atoms with Crippen molar-refractivity contribution in [2.75, 3.05) is 37.0 Å². The van der Waals surface area contributed by atoms with Crippen LogP contribution in [0.2, 0.25) is 5.02 Å². The van der Waals surface area contributed by atoms with Gasteiger partial charge in [0, 0.05) is 38.4 Å². The predicted octanol–water partition coefficient (Wildman–Crippen LogP) is 4.51. The maximum Gasteiger partial charge on any atom is 0.259 e.